The van der Waals surface area contributed by atoms with Gasteiger partial charge in [-0.1, -0.05) is 54.6 Å². The lowest BCUT2D eigenvalue weighted by Crippen LogP contribution is -1.99. The van der Waals surface area contributed by atoms with Gasteiger partial charge in [0.15, 0.2) is 0 Å². The van der Waals surface area contributed by atoms with Gasteiger partial charge in [0.25, 0.3) is 0 Å². The summed E-state index contributed by atoms with van der Waals surface area (Å²) in [6.45, 7) is 0. The summed E-state index contributed by atoms with van der Waals surface area (Å²) in [6, 6.07) is 17.4. The Hall–Kier alpha value is -2.35. The van der Waals surface area contributed by atoms with Crippen molar-refractivity contribution >= 4 is 17.6 Å². The largest absolute Gasteiger partial charge is 0.478 e. The van der Waals surface area contributed by atoms with Crippen LogP contribution in [0.3, 0.4) is 0 Å². The first-order valence-corrected chi connectivity index (χ1v) is 6.84. The molecule has 2 aromatic rings. The van der Waals surface area contributed by atoms with Crippen molar-refractivity contribution < 1.29 is 9.90 Å². The number of rotatable bonds is 4. The van der Waals surface area contributed by atoms with Crippen LogP contribution in [0, 0.1) is 0 Å². The first kappa shape index (κ1) is 12.7. The van der Waals surface area contributed by atoms with Crippen molar-refractivity contribution in [2.24, 2.45) is 0 Å². The SMILES string of the molecule is O=C(O)/C(=C/c1ccc(C2CC2)cc1)c1ccccc1. The van der Waals surface area contributed by atoms with Crippen molar-refractivity contribution in [3.05, 3.63) is 71.3 Å². The van der Waals surface area contributed by atoms with E-state index in [-0.39, 0.29) is 0 Å². The van der Waals surface area contributed by atoms with E-state index in [9.17, 15) is 9.90 Å². The van der Waals surface area contributed by atoms with Gasteiger partial charge in [-0.25, -0.2) is 4.79 Å². The fraction of sp³-hybridized carbons (Fsp3) is 0.167. The molecule has 1 N–H and O–H groups in total. The predicted octanol–water partition coefficient (Wildman–Crippen LogP) is 4.19. The Bertz CT molecular complexity index is 635. The third-order valence-electron chi connectivity index (χ3n) is 3.61. The first-order valence-electron chi connectivity index (χ1n) is 6.84. The number of carbonyl (C=O) groups is 1. The van der Waals surface area contributed by atoms with E-state index < -0.39 is 5.97 Å². The Balaban J connectivity index is 1.92. The number of hydrogen-bond acceptors (Lipinski definition) is 1. The lowest BCUT2D eigenvalue weighted by atomic mass is 10.0. The Kier molecular flexibility index (Phi) is 3.38. The summed E-state index contributed by atoms with van der Waals surface area (Å²) >= 11 is 0. The topological polar surface area (TPSA) is 37.3 Å². The second-order valence-corrected chi connectivity index (χ2v) is 5.17. The van der Waals surface area contributed by atoms with Crippen LogP contribution in [0.25, 0.3) is 11.6 Å². The van der Waals surface area contributed by atoms with Crippen LogP contribution in [0.2, 0.25) is 0 Å². The molecule has 1 aliphatic carbocycles. The van der Waals surface area contributed by atoms with E-state index in [4.69, 9.17) is 0 Å². The van der Waals surface area contributed by atoms with Gasteiger partial charge in [-0.3, -0.25) is 0 Å². The van der Waals surface area contributed by atoms with Crippen molar-refractivity contribution in [3.8, 4) is 0 Å². The molecular formula is C18H16O2. The molecule has 0 radical (unpaired) electrons. The third-order valence-corrected chi connectivity index (χ3v) is 3.61. The lowest BCUT2D eigenvalue weighted by Gasteiger charge is -2.04. The van der Waals surface area contributed by atoms with Crippen molar-refractivity contribution in [2.75, 3.05) is 0 Å². The molecule has 2 heteroatoms. The average molecular weight is 264 g/mol. The molecule has 1 aliphatic rings. The van der Waals surface area contributed by atoms with Gasteiger partial charge in [-0.15, -0.1) is 0 Å². The van der Waals surface area contributed by atoms with Crippen LogP contribution in [-0.2, 0) is 4.79 Å². The van der Waals surface area contributed by atoms with E-state index >= 15 is 0 Å². The minimum atomic E-state index is -0.900. The molecule has 0 unspecified atom stereocenters. The van der Waals surface area contributed by atoms with Gasteiger partial charge in [0.2, 0.25) is 0 Å². The summed E-state index contributed by atoms with van der Waals surface area (Å²) in [5.74, 6) is -0.177. The second kappa shape index (κ2) is 5.33. The molecule has 0 amide bonds. The highest BCUT2D eigenvalue weighted by molar-refractivity contribution is 6.20. The summed E-state index contributed by atoms with van der Waals surface area (Å²) in [4.78, 5) is 11.4. The monoisotopic (exact) mass is 264 g/mol. The molecule has 2 aromatic carbocycles. The van der Waals surface area contributed by atoms with Crippen molar-refractivity contribution in [3.63, 3.8) is 0 Å². The van der Waals surface area contributed by atoms with Crippen molar-refractivity contribution in [2.45, 2.75) is 18.8 Å². The molecule has 0 saturated heterocycles. The zero-order valence-electron chi connectivity index (χ0n) is 11.1. The van der Waals surface area contributed by atoms with Crippen LogP contribution in [0.4, 0.5) is 0 Å². The molecule has 1 saturated carbocycles. The molecule has 0 aromatic heterocycles. The summed E-state index contributed by atoms with van der Waals surface area (Å²) in [6.07, 6.45) is 4.29. The molecule has 0 atom stereocenters. The minimum Gasteiger partial charge on any atom is -0.478 e. The van der Waals surface area contributed by atoms with Crippen molar-refractivity contribution in [1.29, 1.82) is 0 Å². The van der Waals surface area contributed by atoms with Gasteiger partial charge >= 0.3 is 5.97 Å². The molecule has 2 nitrogen and oxygen atoms in total. The van der Waals surface area contributed by atoms with Gasteiger partial charge in [0.05, 0.1) is 5.57 Å². The van der Waals surface area contributed by atoms with E-state index in [1.807, 2.05) is 42.5 Å². The lowest BCUT2D eigenvalue weighted by molar-refractivity contribution is -0.130. The summed E-state index contributed by atoms with van der Waals surface area (Å²) < 4.78 is 0. The molecule has 1 fully saturated rings. The zero-order valence-corrected chi connectivity index (χ0v) is 11.1. The van der Waals surface area contributed by atoms with E-state index in [0.717, 1.165) is 17.0 Å². The van der Waals surface area contributed by atoms with Crippen LogP contribution in [0.15, 0.2) is 54.6 Å². The number of hydrogen-bond donors (Lipinski definition) is 1. The quantitative estimate of drug-likeness (QED) is 0.664. The number of carboxylic acid groups (broad SMARTS) is 1. The summed E-state index contributed by atoms with van der Waals surface area (Å²) in [5, 5.41) is 9.37. The number of benzene rings is 2. The molecule has 0 heterocycles. The molecule has 3 rings (SSSR count). The highest BCUT2D eigenvalue weighted by Crippen LogP contribution is 2.40. The maximum atomic E-state index is 11.4. The normalized spacial score (nSPS) is 15.1. The van der Waals surface area contributed by atoms with E-state index in [0.29, 0.717) is 5.57 Å². The summed E-state index contributed by atoms with van der Waals surface area (Å²) in [5.41, 5.74) is 3.34. The van der Waals surface area contributed by atoms with Gasteiger partial charge in [-0.2, -0.15) is 0 Å². The van der Waals surface area contributed by atoms with Crippen molar-refractivity contribution in [1.82, 2.24) is 0 Å². The maximum Gasteiger partial charge on any atom is 0.336 e. The first-order chi connectivity index (χ1) is 9.74. The predicted molar refractivity (Wildman–Crippen MR) is 80.4 cm³/mol. The highest BCUT2D eigenvalue weighted by atomic mass is 16.4. The highest BCUT2D eigenvalue weighted by Gasteiger charge is 2.22. The second-order valence-electron chi connectivity index (χ2n) is 5.17. The van der Waals surface area contributed by atoms with Crippen LogP contribution >= 0.6 is 0 Å². The Morgan fingerprint density at radius 3 is 2.20 bits per heavy atom. The van der Waals surface area contributed by atoms with Crippen LogP contribution in [-0.4, -0.2) is 11.1 Å². The van der Waals surface area contributed by atoms with Crippen LogP contribution in [0.1, 0.15) is 35.4 Å². The minimum absolute atomic E-state index is 0.324. The Morgan fingerprint density at radius 1 is 1.00 bits per heavy atom. The molecule has 0 spiro atoms. The van der Waals surface area contributed by atoms with E-state index in [1.54, 1.807) is 6.08 Å². The number of carboxylic acids is 1. The fourth-order valence-corrected chi connectivity index (χ4v) is 2.33. The summed E-state index contributed by atoms with van der Waals surface area (Å²) in [7, 11) is 0. The van der Waals surface area contributed by atoms with Crippen LogP contribution in [0.5, 0.6) is 0 Å². The molecule has 0 aliphatic heterocycles. The van der Waals surface area contributed by atoms with Crippen LogP contribution < -0.4 is 0 Å². The average Bonchev–Trinajstić information content (AvgIpc) is 3.31. The molecule has 20 heavy (non-hydrogen) atoms. The molecule has 0 bridgehead atoms. The smallest absolute Gasteiger partial charge is 0.336 e. The van der Waals surface area contributed by atoms with Gasteiger partial charge < -0.3 is 5.11 Å². The molecule has 100 valence electrons. The standard InChI is InChI=1S/C18H16O2/c19-18(20)17(16-4-2-1-3-5-16)12-13-6-8-14(9-7-13)15-10-11-15/h1-9,12,15H,10-11H2,(H,19,20)/b17-12+. The molecular weight excluding hydrogens is 248 g/mol. The van der Waals surface area contributed by atoms with E-state index in [2.05, 4.69) is 12.1 Å². The zero-order chi connectivity index (χ0) is 13.9. The Labute approximate surface area is 118 Å². The Morgan fingerprint density at radius 2 is 1.65 bits per heavy atom. The van der Waals surface area contributed by atoms with Gasteiger partial charge in [-0.05, 0) is 41.5 Å². The number of aliphatic carboxylic acids is 1. The fourth-order valence-electron chi connectivity index (χ4n) is 2.33. The van der Waals surface area contributed by atoms with Gasteiger partial charge in [0, 0.05) is 0 Å². The van der Waals surface area contributed by atoms with E-state index in [1.165, 1.54) is 18.4 Å². The van der Waals surface area contributed by atoms with Gasteiger partial charge in [0.1, 0.15) is 0 Å². The third kappa shape index (κ3) is 2.80. The maximum absolute atomic E-state index is 11.4.